The molecule has 11 nitrogen and oxygen atoms in total. The molecule has 2 aromatic rings. The van der Waals surface area contributed by atoms with Gasteiger partial charge in [-0.15, -0.1) is 0 Å². The summed E-state index contributed by atoms with van der Waals surface area (Å²) in [6.07, 6.45) is 7.87. The van der Waals surface area contributed by atoms with Crippen molar-refractivity contribution >= 4 is 35.1 Å². The van der Waals surface area contributed by atoms with Crippen molar-refractivity contribution in [2.24, 2.45) is 4.99 Å². The molecule has 2 heterocycles. The third-order valence-corrected chi connectivity index (χ3v) is 4.50. The first-order chi connectivity index (χ1) is 15.0. The number of pyridine rings is 1. The molecule has 5 N–H and O–H groups in total. The normalized spacial score (nSPS) is 14.1. The van der Waals surface area contributed by atoms with E-state index in [4.69, 9.17) is 10.5 Å². The van der Waals surface area contributed by atoms with E-state index in [-0.39, 0.29) is 18.8 Å². The maximum absolute atomic E-state index is 13.1. The van der Waals surface area contributed by atoms with Gasteiger partial charge in [-0.05, 0) is 25.0 Å². The van der Waals surface area contributed by atoms with Gasteiger partial charge in [0.15, 0.2) is 5.69 Å². The van der Waals surface area contributed by atoms with Crippen LogP contribution < -0.4 is 16.0 Å². The van der Waals surface area contributed by atoms with Crippen molar-refractivity contribution in [2.45, 2.75) is 24.8 Å². The van der Waals surface area contributed by atoms with Crippen LogP contribution in [0.5, 0.6) is 0 Å². The van der Waals surface area contributed by atoms with Gasteiger partial charge in [-0.1, -0.05) is 0 Å². The molecule has 11 heteroatoms. The van der Waals surface area contributed by atoms with E-state index in [1.54, 1.807) is 18.5 Å². The van der Waals surface area contributed by atoms with Crippen LogP contribution in [0.25, 0.3) is 0 Å². The standard InChI is InChI=1S/C20H24N8O3/c1-22-10-16(17(21)19(30)25-6-7-29)28-20(31)18-15(26-13-8-23-11-24-9-13)5-4-14(27-18)12-2-3-12/h4-5,8-12,16,21,26,29H,2-3,6-7H2,1H3,(H,25,30)(H,28,31). The molecule has 0 radical (unpaired) electrons. The molecule has 1 aliphatic rings. The van der Waals surface area contributed by atoms with Crippen molar-refractivity contribution in [1.82, 2.24) is 25.6 Å². The Morgan fingerprint density at radius 3 is 2.71 bits per heavy atom. The van der Waals surface area contributed by atoms with E-state index in [0.29, 0.717) is 17.3 Å². The van der Waals surface area contributed by atoms with E-state index < -0.39 is 23.6 Å². The van der Waals surface area contributed by atoms with Crippen LogP contribution in [0.3, 0.4) is 0 Å². The second-order valence-electron chi connectivity index (χ2n) is 6.91. The van der Waals surface area contributed by atoms with Crippen LogP contribution in [0.15, 0.2) is 35.8 Å². The molecule has 0 spiro atoms. The third kappa shape index (κ3) is 5.89. The lowest BCUT2D eigenvalue weighted by Crippen LogP contribution is -2.48. The Morgan fingerprint density at radius 2 is 2.06 bits per heavy atom. The summed E-state index contributed by atoms with van der Waals surface area (Å²) >= 11 is 0. The Kier molecular flexibility index (Phi) is 7.33. The van der Waals surface area contributed by atoms with E-state index in [2.05, 4.69) is 35.9 Å². The summed E-state index contributed by atoms with van der Waals surface area (Å²) in [5.74, 6) is -0.943. The lowest BCUT2D eigenvalue weighted by Gasteiger charge is -2.17. The maximum atomic E-state index is 13.1. The first-order valence-corrected chi connectivity index (χ1v) is 9.77. The number of aromatic nitrogens is 3. The average molecular weight is 424 g/mol. The largest absolute Gasteiger partial charge is 0.395 e. The number of amides is 2. The van der Waals surface area contributed by atoms with Crippen LogP contribution in [0.2, 0.25) is 0 Å². The second kappa shape index (κ2) is 10.3. The highest BCUT2D eigenvalue weighted by atomic mass is 16.3. The number of aliphatic hydroxyl groups excluding tert-OH is 1. The van der Waals surface area contributed by atoms with Crippen LogP contribution in [0.1, 0.15) is 34.9 Å². The number of nitrogens with one attached hydrogen (secondary N) is 4. The van der Waals surface area contributed by atoms with Crippen molar-refractivity contribution in [1.29, 1.82) is 5.41 Å². The van der Waals surface area contributed by atoms with Gasteiger partial charge in [-0.3, -0.25) is 20.0 Å². The zero-order valence-corrected chi connectivity index (χ0v) is 17.0. The van der Waals surface area contributed by atoms with Gasteiger partial charge < -0.3 is 21.1 Å². The molecule has 2 amide bonds. The van der Waals surface area contributed by atoms with Gasteiger partial charge >= 0.3 is 0 Å². The highest BCUT2D eigenvalue weighted by Crippen LogP contribution is 2.39. The van der Waals surface area contributed by atoms with Gasteiger partial charge in [0.1, 0.15) is 18.1 Å². The van der Waals surface area contributed by atoms with E-state index >= 15 is 0 Å². The van der Waals surface area contributed by atoms with Gasteiger partial charge in [0.25, 0.3) is 11.8 Å². The Morgan fingerprint density at radius 1 is 1.32 bits per heavy atom. The number of aliphatic imine (C=N–C) groups is 1. The highest BCUT2D eigenvalue weighted by Gasteiger charge is 2.28. The van der Waals surface area contributed by atoms with Gasteiger partial charge in [0.05, 0.1) is 30.4 Å². The quantitative estimate of drug-likeness (QED) is 0.345. The molecule has 162 valence electrons. The van der Waals surface area contributed by atoms with Crippen LogP contribution >= 0.6 is 0 Å². The first-order valence-electron chi connectivity index (χ1n) is 9.77. The van der Waals surface area contributed by atoms with Crippen LogP contribution in [0.4, 0.5) is 11.4 Å². The summed E-state index contributed by atoms with van der Waals surface area (Å²) in [5.41, 5.74) is 1.57. The zero-order chi connectivity index (χ0) is 22.2. The molecular formula is C20H24N8O3. The fourth-order valence-electron chi connectivity index (χ4n) is 2.82. The van der Waals surface area contributed by atoms with Crippen LogP contribution in [0, 0.1) is 5.41 Å². The van der Waals surface area contributed by atoms with Gasteiger partial charge in [0, 0.05) is 31.4 Å². The van der Waals surface area contributed by atoms with E-state index in [1.807, 2.05) is 6.07 Å². The Hall–Kier alpha value is -3.73. The SMILES string of the molecule is CN=CC(NC(=O)c1nc(C2CC2)ccc1Nc1cncnc1)C(=N)C(=O)NCCO. The number of hydrogen-bond donors (Lipinski definition) is 5. The molecule has 0 bridgehead atoms. The number of carbonyl (C=O) groups is 2. The third-order valence-electron chi connectivity index (χ3n) is 4.50. The average Bonchev–Trinajstić information content (AvgIpc) is 3.63. The minimum Gasteiger partial charge on any atom is -0.395 e. The molecule has 0 saturated heterocycles. The van der Waals surface area contributed by atoms with Crippen LogP contribution in [-0.4, -0.2) is 70.0 Å². The fraction of sp³-hybridized carbons (Fsp3) is 0.350. The summed E-state index contributed by atoms with van der Waals surface area (Å²) in [7, 11) is 1.48. The predicted octanol–water partition coefficient (Wildman–Crippen LogP) is 0.420. The monoisotopic (exact) mass is 424 g/mol. The molecule has 1 aliphatic carbocycles. The lowest BCUT2D eigenvalue weighted by molar-refractivity contribution is -0.115. The summed E-state index contributed by atoms with van der Waals surface area (Å²) in [4.78, 5) is 41.5. The van der Waals surface area contributed by atoms with Gasteiger partial charge in [-0.2, -0.15) is 0 Å². The number of aliphatic hydroxyl groups is 1. The smallest absolute Gasteiger partial charge is 0.272 e. The Balaban J connectivity index is 1.84. The van der Waals surface area contributed by atoms with Gasteiger partial charge in [0.2, 0.25) is 0 Å². The van der Waals surface area contributed by atoms with E-state index in [9.17, 15) is 9.59 Å². The zero-order valence-electron chi connectivity index (χ0n) is 17.0. The maximum Gasteiger partial charge on any atom is 0.272 e. The first kappa shape index (κ1) is 22.0. The topological polar surface area (TPSA) is 165 Å². The summed E-state index contributed by atoms with van der Waals surface area (Å²) in [6, 6.07) is 2.58. The summed E-state index contributed by atoms with van der Waals surface area (Å²) in [6.45, 7) is -0.253. The molecule has 31 heavy (non-hydrogen) atoms. The Labute approximate surface area is 179 Å². The molecule has 1 fully saturated rings. The number of anilines is 2. The molecular weight excluding hydrogens is 400 g/mol. The van der Waals surface area contributed by atoms with Crippen molar-refractivity contribution in [3.8, 4) is 0 Å². The second-order valence-corrected chi connectivity index (χ2v) is 6.91. The van der Waals surface area contributed by atoms with Crippen molar-refractivity contribution < 1.29 is 14.7 Å². The predicted molar refractivity (Wildman–Crippen MR) is 115 cm³/mol. The number of carbonyl (C=O) groups excluding carboxylic acids is 2. The molecule has 3 rings (SSSR count). The van der Waals surface area contributed by atoms with Gasteiger partial charge in [-0.25, -0.2) is 15.0 Å². The molecule has 0 aliphatic heterocycles. The number of hydrogen-bond acceptors (Lipinski definition) is 9. The molecule has 1 atom stereocenters. The summed E-state index contributed by atoms with van der Waals surface area (Å²) < 4.78 is 0. The minimum atomic E-state index is -1.06. The Bertz CT molecular complexity index is 976. The molecule has 1 saturated carbocycles. The van der Waals surface area contributed by atoms with Crippen molar-refractivity contribution in [3.63, 3.8) is 0 Å². The molecule has 0 aromatic carbocycles. The molecule has 2 aromatic heterocycles. The van der Waals surface area contributed by atoms with Crippen molar-refractivity contribution in [2.75, 3.05) is 25.5 Å². The highest BCUT2D eigenvalue weighted by molar-refractivity contribution is 6.43. The molecule has 1 unspecified atom stereocenters. The minimum absolute atomic E-state index is 0.00333. The van der Waals surface area contributed by atoms with E-state index in [1.165, 1.54) is 19.6 Å². The number of rotatable bonds is 10. The fourth-order valence-corrected chi connectivity index (χ4v) is 2.82. The number of nitrogens with zero attached hydrogens (tertiary/aromatic N) is 4. The van der Waals surface area contributed by atoms with Crippen molar-refractivity contribution in [3.05, 3.63) is 42.2 Å². The summed E-state index contributed by atoms with van der Waals surface area (Å²) in [5, 5.41) is 25.1. The van der Waals surface area contributed by atoms with E-state index in [0.717, 1.165) is 18.5 Å². The van der Waals surface area contributed by atoms with Crippen LogP contribution in [-0.2, 0) is 4.79 Å². The lowest BCUT2D eigenvalue weighted by atomic mass is 10.1.